The quantitative estimate of drug-likeness (QED) is 0.0558. The van der Waals surface area contributed by atoms with Crippen molar-refractivity contribution in [3.63, 3.8) is 0 Å². The number of aliphatic imine (C=N–C) groups is 1. The second-order valence-corrected chi connectivity index (χ2v) is 10.8. The highest BCUT2D eigenvalue weighted by Gasteiger charge is 2.30. The number of hydrogen-bond acceptors (Lipinski definition) is 10. The van der Waals surface area contributed by atoms with Crippen molar-refractivity contribution in [1.82, 2.24) is 26.6 Å². The van der Waals surface area contributed by atoms with E-state index in [4.69, 9.17) is 22.3 Å². The predicted molar refractivity (Wildman–Crippen MR) is 143 cm³/mol. The number of primary amides is 1. The summed E-state index contributed by atoms with van der Waals surface area (Å²) in [5, 5.41) is 21.0. The van der Waals surface area contributed by atoms with Crippen molar-refractivity contribution < 1.29 is 38.7 Å². The van der Waals surface area contributed by atoms with Gasteiger partial charge in [-0.3, -0.25) is 38.6 Å². The van der Waals surface area contributed by atoms with Gasteiger partial charge in [-0.05, 0) is 12.8 Å². The molecule has 0 unspecified atom stereocenters. The number of guanidine groups is 1. The van der Waals surface area contributed by atoms with Crippen LogP contribution in [-0.2, 0) is 33.6 Å². The van der Waals surface area contributed by atoms with E-state index in [1.165, 1.54) is 6.92 Å². The van der Waals surface area contributed by atoms with E-state index in [-0.39, 0.29) is 36.9 Å². The van der Waals surface area contributed by atoms with Gasteiger partial charge in [0.05, 0.1) is 13.0 Å². The van der Waals surface area contributed by atoms with Crippen molar-refractivity contribution in [3.8, 4) is 0 Å². The van der Waals surface area contributed by atoms with Gasteiger partial charge in [0.25, 0.3) is 0 Å². The summed E-state index contributed by atoms with van der Waals surface area (Å²) in [5.41, 5.74) is 15.9. The molecular weight excluding hydrogens is 558 g/mol. The fourth-order valence-electron chi connectivity index (χ4n) is 3.09. The Morgan fingerprint density at radius 3 is 2.23 bits per heavy atom. The van der Waals surface area contributed by atoms with Crippen LogP contribution in [0.1, 0.15) is 26.2 Å². The topological polar surface area (TPSA) is 290 Å². The Hall–Kier alpha value is -3.74. The normalized spacial score (nSPS) is 23.6. The van der Waals surface area contributed by atoms with Gasteiger partial charge in [0.15, 0.2) is 5.96 Å². The summed E-state index contributed by atoms with van der Waals surface area (Å²) < 4.78 is 0. The maximum atomic E-state index is 13.0. The van der Waals surface area contributed by atoms with Crippen LogP contribution in [0.2, 0.25) is 0 Å². The molecule has 0 saturated carbocycles. The van der Waals surface area contributed by atoms with Gasteiger partial charge in [0, 0.05) is 25.0 Å². The van der Waals surface area contributed by atoms with Gasteiger partial charge in [0.1, 0.15) is 24.2 Å². The van der Waals surface area contributed by atoms with E-state index in [1.807, 2.05) is 0 Å². The summed E-state index contributed by atoms with van der Waals surface area (Å²) in [6.07, 6.45) is -0.469. The number of aliphatic carboxylic acids is 1. The minimum Gasteiger partial charge on any atom is -0.481 e. The van der Waals surface area contributed by atoms with Crippen LogP contribution in [0.5, 0.6) is 0 Å². The number of nitrogens with two attached hydrogens (primary N) is 3. The molecule has 1 rings (SSSR count). The SMILES string of the molecule is CC(=O)N[C@H]1CSSC[C@@H](C(N)=O)NC(=O)[C@H](CC(=O)O)NC(=O)CNC(=O)[C@H](CCCN=C(N)N)NC1=O. The molecule has 19 heteroatoms. The van der Waals surface area contributed by atoms with E-state index in [0.717, 1.165) is 21.6 Å². The smallest absolute Gasteiger partial charge is 0.305 e. The minimum atomic E-state index is -1.57. The molecule has 39 heavy (non-hydrogen) atoms. The molecule has 17 nitrogen and oxygen atoms in total. The Morgan fingerprint density at radius 1 is 0.974 bits per heavy atom. The third kappa shape index (κ3) is 13.6. The zero-order valence-corrected chi connectivity index (χ0v) is 22.7. The molecule has 0 aromatic carbocycles. The van der Waals surface area contributed by atoms with E-state index >= 15 is 0 Å². The first-order valence-electron chi connectivity index (χ1n) is 11.6. The first-order chi connectivity index (χ1) is 18.3. The Bertz CT molecular complexity index is 977. The van der Waals surface area contributed by atoms with Crippen LogP contribution in [-0.4, -0.2) is 101 Å². The lowest BCUT2D eigenvalue weighted by atomic mass is 10.1. The summed E-state index contributed by atoms with van der Waals surface area (Å²) in [4.78, 5) is 89.5. The van der Waals surface area contributed by atoms with Crippen molar-refractivity contribution in [2.75, 3.05) is 24.6 Å². The molecule has 12 N–H and O–H groups in total. The second-order valence-electron chi connectivity index (χ2n) is 8.23. The molecule has 0 aliphatic carbocycles. The highest BCUT2D eigenvalue weighted by atomic mass is 33.1. The number of amides is 6. The Morgan fingerprint density at radius 2 is 1.64 bits per heavy atom. The highest BCUT2D eigenvalue weighted by molar-refractivity contribution is 8.76. The zero-order chi connectivity index (χ0) is 29.5. The lowest BCUT2D eigenvalue weighted by molar-refractivity contribution is -0.141. The number of nitrogens with one attached hydrogen (secondary N) is 5. The van der Waals surface area contributed by atoms with E-state index in [2.05, 4.69) is 31.6 Å². The number of hydrogen-bond donors (Lipinski definition) is 9. The van der Waals surface area contributed by atoms with Crippen LogP contribution in [0.3, 0.4) is 0 Å². The molecule has 0 spiro atoms. The van der Waals surface area contributed by atoms with Gasteiger partial charge in [-0.25, -0.2) is 0 Å². The van der Waals surface area contributed by atoms with Crippen LogP contribution < -0.4 is 43.8 Å². The molecule has 0 bridgehead atoms. The lowest BCUT2D eigenvalue weighted by Gasteiger charge is -2.22. The minimum absolute atomic E-state index is 0.0134. The van der Waals surface area contributed by atoms with Crippen LogP contribution in [0.4, 0.5) is 0 Å². The number of nitrogens with zero attached hydrogens (tertiary/aromatic N) is 1. The first-order valence-corrected chi connectivity index (χ1v) is 14.0. The average molecular weight is 592 g/mol. The third-order valence-electron chi connectivity index (χ3n) is 4.94. The van der Waals surface area contributed by atoms with Crippen LogP contribution in [0, 0.1) is 0 Å². The fourth-order valence-corrected chi connectivity index (χ4v) is 5.43. The van der Waals surface area contributed by atoms with Gasteiger partial charge >= 0.3 is 5.97 Å². The molecule has 1 aliphatic heterocycles. The Balaban J connectivity index is 3.21. The number of carbonyl (C=O) groups excluding carboxylic acids is 6. The molecule has 1 aliphatic rings. The molecule has 4 atom stereocenters. The Labute approximate surface area is 231 Å². The van der Waals surface area contributed by atoms with Crippen molar-refractivity contribution in [3.05, 3.63) is 0 Å². The largest absolute Gasteiger partial charge is 0.481 e. The van der Waals surface area contributed by atoms with E-state index in [0.29, 0.717) is 0 Å². The first kappa shape index (κ1) is 33.3. The van der Waals surface area contributed by atoms with Crippen molar-refractivity contribution in [2.24, 2.45) is 22.2 Å². The van der Waals surface area contributed by atoms with Crippen molar-refractivity contribution in [1.29, 1.82) is 0 Å². The molecule has 218 valence electrons. The number of carboxylic acid groups (broad SMARTS) is 1. The number of rotatable bonds is 8. The summed E-state index contributed by atoms with van der Waals surface area (Å²) in [6.45, 7) is 0.692. The zero-order valence-electron chi connectivity index (χ0n) is 21.1. The molecule has 1 fully saturated rings. The van der Waals surface area contributed by atoms with Crippen LogP contribution in [0.15, 0.2) is 4.99 Å². The maximum absolute atomic E-state index is 13.0. The molecule has 0 aromatic rings. The molecule has 6 amide bonds. The summed E-state index contributed by atoms with van der Waals surface area (Å²) in [7, 11) is 2.13. The molecule has 0 aromatic heterocycles. The van der Waals surface area contributed by atoms with E-state index in [9.17, 15) is 33.6 Å². The summed E-state index contributed by atoms with van der Waals surface area (Å²) >= 11 is 0. The average Bonchev–Trinajstić information content (AvgIpc) is 2.83. The van der Waals surface area contributed by atoms with Crippen molar-refractivity contribution >= 4 is 69.0 Å². The van der Waals surface area contributed by atoms with Gasteiger partial charge in [-0.1, -0.05) is 21.6 Å². The predicted octanol–water partition coefficient (Wildman–Crippen LogP) is -4.53. The number of carbonyl (C=O) groups is 7. The summed E-state index contributed by atoms with van der Waals surface area (Å²) in [6, 6.07) is -5.03. The van der Waals surface area contributed by atoms with Gasteiger partial charge < -0.3 is 48.9 Å². The van der Waals surface area contributed by atoms with Gasteiger partial charge in [-0.2, -0.15) is 0 Å². The second kappa shape index (κ2) is 17.0. The standard InChI is InChI=1S/C20H33N9O8S2/c1-9(30)26-13-8-39-38-7-12(16(21)34)29-18(36)11(5-15(32)33)27-14(31)6-25-17(35)10(28-19(13)37)3-2-4-24-20(22)23/h10-13H,2-8H2,1H3,(H2,21,34)(H,25,35)(H,26,30)(H,27,31)(H,28,37)(H,29,36)(H,32,33)(H4,22,23,24)/t10-,11-,12-,13-/m0/s1. The lowest BCUT2D eigenvalue weighted by Crippen LogP contribution is -2.56. The highest BCUT2D eigenvalue weighted by Crippen LogP contribution is 2.23. The van der Waals surface area contributed by atoms with E-state index < -0.39 is 78.5 Å². The van der Waals surface area contributed by atoms with Crippen LogP contribution >= 0.6 is 21.6 Å². The van der Waals surface area contributed by atoms with Gasteiger partial charge in [0.2, 0.25) is 35.4 Å². The molecule has 1 heterocycles. The fraction of sp³-hybridized carbons (Fsp3) is 0.600. The monoisotopic (exact) mass is 591 g/mol. The molecular formula is C20H33N9O8S2. The Kier molecular flexibility index (Phi) is 14.5. The van der Waals surface area contributed by atoms with Crippen LogP contribution in [0.25, 0.3) is 0 Å². The van der Waals surface area contributed by atoms with Crippen molar-refractivity contribution in [2.45, 2.75) is 50.4 Å². The number of carboxylic acids is 1. The van der Waals surface area contributed by atoms with Gasteiger partial charge in [-0.15, -0.1) is 0 Å². The maximum Gasteiger partial charge on any atom is 0.305 e. The third-order valence-corrected chi connectivity index (χ3v) is 7.36. The summed E-state index contributed by atoms with van der Waals surface area (Å²) in [5.74, 6) is -6.37. The molecule has 1 saturated heterocycles. The van der Waals surface area contributed by atoms with E-state index in [1.54, 1.807) is 0 Å². The molecule has 0 radical (unpaired) electrons.